The van der Waals surface area contributed by atoms with Crippen LogP contribution in [0, 0.1) is 11.8 Å². The van der Waals surface area contributed by atoms with Gasteiger partial charge >= 0.3 is 0 Å². The summed E-state index contributed by atoms with van der Waals surface area (Å²) in [6.45, 7) is 9.17. The maximum absolute atomic E-state index is 2.52. The molecule has 27 heavy (non-hydrogen) atoms. The Bertz CT molecular complexity index is 299. The average molecular weight is 395 g/mol. The first-order valence-electron chi connectivity index (χ1n) is 12.2. The van der Waals surface area contributed by atoms with E-state index < -0.39 is 0 Å². The minimum absolute atomic E-state index is 0.833. The Labute approximate surface area is 177 Å². The molecule has 0 saturated heterocycles. The van der Waals surface area contributed by atoms with Crippen LogP contribution in [0.25, 0.3) is 0 Å². The third-order valence-corrected chi connectivity index (χ3v) is 6.47. The van der Waals surface area contributed by atoms with Crippen molar-refractivity contribution in [1.82, 2.24) is 0 Å². The summed E-state index contributed by atoms with van der Waals surface area (Å²) in [5, 5.41) is 0. The predicted molar refractivity (Wildman–Crippen MR) is 130 cm³/mol. The van der Waals surface area contributed by atoms with Crippen molar-refractivity contribution in [3.63, 3.8) is 0 Å². The van der Waals surface area contributed by atoms with Gasteiger partial charge < -0.3 is 0 Å². The summed E-state index contributed by atoms with van der Waals surface area (Å²) in [6, 6.07) is 0. The number of allylic oxidation sites excluding steroid dienone is 4. The fourth-order valence-electron chi connectivity index (χ4n) is 3.51. The summed E-state index contributed by atoms with van der Waals surface area (Å²) in [7, 11) is 0. The van der Waals surface area contributed by atoms with E-state index in [0.717, 1.165) is 11.8 Å². The van der Waals surface area contributed by atoms with Gasteiger partial charge in [-0.1, -0.05) is 90.5 Å². The summed E-state index contributed by atoms with van der Waals surface area (Å²) in [4.78, 5) is 0. The third-order valence-electron chi connectivity index (χ3n) is 5.31. The number of rotatable bonds is 20. The third kappa shape index (κ3) is 18.9. The van der Waals surface area contributed by atoms with Gasteiger partial charge in [0.15, 0.2) is 0 Å². The van der Waals surface area contributed by atoms with Crippen LogP contribution < -0.4 is 0 Å². The van der Waals surface area contributed by atoms with Gasteiger partial charge in [-0.25, -0.2) is 0 Å². The molecule has 0 fully saturated rings. The van der Waals surface area contributed by atoms with Gasteiger partial charge in [-0.3, -0.25) is 0 Å². The highest BCUT2D eigenvalue weighted by molar-refractivity contribution is 7.99. The van der Waals surface area contributed by atoms with Gasteiger partial charge in [0, 0.05) is 0 Å². The Kier molecular flexibility index (Phi) is 22.0. The minimum Gasteiger partial charge on any atom is -0.162 e. The zero-order chi connectivity index (χ0) is 20.0. The molecule has 2 unspecified atom stereocenters. The van der Waals surface area contributed by atoms with Gasteiger partial charge in [0.1, 0.15) is 0 Å². The summed E-state index contributed by atoms with van der Waals surface area (Å²) >= 11 is 2.19. The number of thioether (sulfide) groups is 1. The molecule has 0 amide bonds. The molecule has 0 bridgehead atoms. The molecular formula is C26H50S. The summed E-state index contributed by atoms with van der Waals surface area (Å²) in [6.07, 6.45) is 28.8. The Hall–Kier alpha value is -0.170. The fraction of sp³-hybridized carbons (Fsp3) is 0.846. The molecule has 1 heteroatoms. The van der Waals surface area contributed by atoms with E-state index in [1.807, 2.05) is 0 Å². The topological polar surface area (TPSA) is 0 Å². The van der Waals surface area contributed by atoms with Gasteiger partial charge in [0.05, 0.1) is 0 Å². The Morgan fingerprint density at radius 2 is 0.963 bits per heavy atom. The van der Waals surface area contributed by atoms with E-state index in [-0.39, 0.29) is 0 Å². The van der Waals surface area contributed by atoms with E-state index in [1.165, 1.54) is 101 Å². The van der Waals surface area contributed by atoms with Crippen molar-refractivity contribution >= 4 is 11.8 Å². The number of unbranched alkanes of at least 4 members (excludes halogenated alkanes) is 4. The van der Waals surface area contributed by atoms with Crippen LogP contribution in [0.5, 0.6) is 0 Å². The van der Waals surface area contributed by atoms with Crippen LogP contribution in [0.15, 0.2) is 24.3 Å². The SMILES string of the molecule is CCCC=CC(CCCC)CCCSCCCC(C=CCCC)CCCC. The monoisotopic (exact) mass is 394 g/mol. The molecule has 0 aliphatic rings. The maximum Gasteiger partial charge on any atom is -0.00673 e. The smallest absolute Gasteiger partial charge is 0.00673 e. The van der Waals surface area contributed by atoms with E-state index in [0.29, 0.717) is 0 Å². The van der Waals surface area contributed by atoms with Gasteiger partial charge in [-0.2, -0.15) is 11.8 Å². The molecule has 0 nitrogen and oxygen atoms in total. The largest absolute Gasteiger partial charge is 0.162 e. The molecule has 0 rings (SSSR count). The van der Waals surface area contributed by atoms with Crippen molar-refractivity contribution in [2.45, 2.75) is 118 Å². The predicted octanol–water partition coefficient (Wildman–Crippen LogP) is 9.61. The lowest BCUT2D eigenvalue weighted by Crippen LogP contribution is -1.99. The van der Waals surface area contributed by atoms with Gasteiger partial charge in [0.2, 0.25) is 0 Å². The van der Waals surface area contributed by atoms with Crippen LogP contribution in [0.3, 0.4) is 0 Å². The van der Waals surface area contributed by atoms with Crippen molar-refractivity contribution in [3.05, 3.63) is 24.3 Å². The van der Waals surface area contributed by atoms with Gasteiger partial charge in [-0.15, -0.1) is 0 Å². The quantitative estimate of drug-likeness (QED) is 0.146. The van der Waals surface area contributed by atoms with Crippen LogP contribution in [0.4, 0.5) is 0 Å². The second kappa shape index (κ2) is 22.1. The molecule has 160 valence electrons. The molecule has 0 heterocycles. The maximum atomic E-state index is 2.52. The number of hydrogen-bond donors (Lipinski definition) is 0. The highest BCUT2D eigenvalue weighted by atomic mass is 32.2. The highest BCUT2D eigenvalue weighted by Gasteiger charge is 2.06. The second-order valence-corrected chi connectivity index (χ2v) is 9.36. The second-order valence-electron chi connectivity index (χ2n) is 8.14. The van der Waals surface area contributed by atoms with Crippen molar-refractivity contribution in [2.24, 2.45) is 11.8 Å². The molecule has 2 atom stereocenters. The standard InChI is InChI=1S/C26H50S/c1-5-9-13-19-25(17-11-7-3)21-15-23-27-24-16-22-26(18-12-8-4)20-14-10-6-2/h13-14,19-20,25-26H,5-12,15-18,21-24H2,1-4H3. The van der Waals surface area contributed by atoms with Crippen LogP contribution in [-0.4, -0.2) is 11.5 Å². The molecule has 0 N–H and O–H groups in total. The van der Waals surface area contributed by atoms with E-state index in [9.17, 15) is 0 Å². The fourth-order valence-corrected chi connectivity index (χ4v) is 4.46. The van der Waals surface area contributed by atoms with Crippen molar-refractivity contribution in [3.8, 4) is 0 Å². The molecular weight excluding hydrogens is 344 g/mol. The van der Waals surface area contributed by atoms with Gasteiger partial charge in [0.25, 0.3) is 0 Å². The summed E-state index contributed by atoms with van der Waals surface area (Å²) < 4.78 is 0. The van der Waals surface area contributed by atoms with Crippen LogP contribution >= 0.6 is 11.8 Å². The number of hydrogen-bond acceptors (Lipinski definition) is 1. The molecule has 0 aromatic carbocycles. The first-order chi connectivity index (χ1) is 13.3. The highest BCUT2D eigenvalue weighted by Crippen LogP contribution is 2.21. The average Bonchev–Trinajstić information content (AvgIpc) is 2.68. The van der Waals surface area contributed by atoms with Crippen molar-refractivity contribution < 1.29 is 0 Å². The molecule has 0 radical (unpaired) electrons. The molecule has 0 spiro atoms. The molecule has 0 aromatic rings. The Balaban J connectivity index is 3.89. The Morgan fingerprint density at radius 1 is 0.556 bits per heavy atom. The minimum atomic E-state index is 0.833. The molecule has 0 aliphatic heterocycles. The zero-order valence-electron chi connectivity index (χ0n) is 19.2. The van der Waals surface area contributed by atoms with Crippen molar-refractivity contribution in [2.75, 3.05) is 11.5 Å². The molecule has 0 saturated carbocycles. The van der Waals surface area contributed by atoms with Crippen LogP contribution in [-0.2, 0) is 0 Å². The van der Waals surface area contributed by atoms with Crippen LogP contribution in [0.2, 0.25) is 0 Å². The molecule has 0 aliphatic carbocycles. The lowest BCUT2D eigenvalue weighted by molar-refractivity contribution is 0.510. The lowest BCUT2D eigenvalue weighted by atomic mass is 9.96. The first kappa shape index (κ1) is 26.8. The Morgan fingerprint density at radius 3 is 1.33 bits per heavy atom. The van der Waals surface area contributed by atoms with Crippen LogP contribution in [0.1, 0.15) is 118 Å². The summed E-state index contributed by atoms with van der Waals surface area (Å²) in [5.41, 5.74) is 0. The molecule has 0 aromatic heterocycles. The lowest BCUT2D eigenvalue weighted by Gasteiger charge is -2.13. The van der Waals surface area contributed by atoms with E-state index in [4.69, 9.17) is 0 Å². The van der Waals surface area contributed by atoms with Crippen molar-refractivity contribution in [1.29, 1.82) is 0 Å². The zero-order valence-corrected chi connectivity index (χ0v) is 20.0. The normalized spacial score (nSPS) is 14.4. The van der Waals surface area contributed by atoms with E-state index in [1.54, 1.807) is 0 Å². The van der Waals surface area contributed by atoms with Gasteiger partial charge in [-0.05, 0) is 74.7 Å². The van der Waals surface area contributed by atoms with E-state index in [2.05, 4.69) is 63.8 Å². The van der Waals surface area contributed by atoms with E-state index >= 15 is 0 Å². The first-order valence-corrected chi connectivity index (χ1v) is 13.3. The summed E-state index contributed by atoms with van der Waals surface area (Å²) in [5.74, 6) is 4.38.